The molecule has 0 bridgehead atoms. The number of carbonyl (C=O) groups excluding carboxylic acids is 1. The number of hydrogen-bond donors (Lipinski definition) is 1. The molecule has 0 heterocycles. The molecule has 21 heavy (non-hydrogen) atoms. The first kappa shape index (κ1) is 14.9. The molecular weight excluding hydrogens is 266 g/mol. The predicted molar refractivity (Wildman–Crippen MR) is 83.2 cm³/mol. The number of rotatable bonds is 5. The van der Waals surface area contributed by atoms with E-state index in [1.807, 2.05) is 32.0 Å². The van der Waals surface area contributed by atoms with Crippen LogP contribution in [0.5, 0.6) is 11.5 Å². The third kappa shape index (κ3) is 3.16. The number of anilines is 1. The summed E-state index contributed by atoms with van der Waals surface area (Å²) in [6.07, 6.45) is 0. The van der Waals surface area contributed by atoms with Gasteiger partial charge >= 0.3 is 0 Å². The van der Waals surface area contributed by atoms with Crippen LogP contribution in [0, 0.1) is 6.92 Å². The number of ketones is 1. The molecule has 110 valence electrons. The third-order valence-corrected chi connectivity index (χ3v) is 3.15. The van der Waals surface area contributed by atoms with Crippen LogP contribution < -0.4 is 15.2 Å². The maximum atomic E-state index is 12.8. The van der Waals surface area contributed by atoms with Crippen molar-refractivity contribution in [3.63, 3.8) is 0 Å². The van der Waals surface area contributed by atoms with Gasteiger partial charge in [0.1, 0.15) is 11.5 Å². The van der Waals surface area contributed by atoms with Crippen LogP contribution in [0.2, 0.25) is 0 Å². The Hall–Kier alpha value is -2.49. The van der Waals surface area contributed by atoms with Crippen LogP contribution in [0.25, 0.3) is 0 Å². The summed E-state index contributed by atoms with van der Waals surface area (Å²) in [5.74, 6) is 0.905. The van der Waals surface area contributed by atoms with E-state index in [4.69, 9.17) is 15.2 Å². The first-order valence-electron chi connectivity index (χ1n) is 6.78. The number of hydrogen-bond acceptors (Lipinski definition) is 4. The van der Waals surface area contributed by atoms with Gasteiger partial charge in [0, 0.05) is 5.69 Å². The van der Waals surface area contributed by atoms with Crippen LogP contribution >= 0.6 is 0 Å². The molecule has 4 nitrogen and oxygen atoms in total. The van der Waals surface area contributed by atoms with E-state index >= 15 is 0 Å². The molecule has 0 unspecified atom stereocenters. The van der Waals surface area contributed by atoms with Gasteiger partial charge in [-0.05, 0) is 44.2 Å². The molecule has 0 saturated heterocycles. The Morgan fingerprint density at radius 3 is 2.43 bits per heavy atom. The van der Waals surface area contributed by atoms with Crippen LogP contribution in [-0.4, -0.2) is 19.5 Å². The van der Waals surface area contributed by atoms with Crippen LogP contribution in [0.15, 0.2) is 36.4 Å². The minimum Gasteiger partial charge on any atom is -0.496 e. The number of ether oxygens (including phenoxy) is 2. The van der Waals surface area contributed by atoms with Crippen molar-refractivity contribution in [2.45, 2.75) is 13.8 Å². The zero-order chi connectivity index (χ0) is 15.4. The lowest BCUT2D eigenvalue weighted by molar-refractivity contribution is 0.103. The molecule has 2 aromatic carbocycles. The molecule has 2 N–H and O–H groups in total. The minimum atomic E-state index is -0.161. The number of aryl methyl sites for hydroxylation is 1. The van der Waals surface area contributed by atoms with Gasteiger partial charge in [0.2, 0.25) is 5.78 Å². The SMILES string of the molecule is CCOc1ccc(C)cc1C(=O)c1cc(N)ccc1OC. The number of carbonyl (C=O) groups is 1. The Bertz CT molecular complexity index is 665. The van der Waals surface area contributed by atoms with Gasteiger partial charge in [0.25, 0.3) is 0 Å². The van der Waals surface area contributed by atoms with Crippen molar-refractivity contribution in [3.8, 4) is 11.5 Å². The normalized spacial score (nSPS) is 10.2. The maximum absolute atomic E-state index is 12.8. The van der Waals surface area contributed by atoms with Crippen molar-refractivity contribution < 1.29 is 14.3 Å². The van der Waals surface area contributed by atoms with Gasteiger partial charge in [-0.25, -0.2) is 0 Å². The number of methoxy groups -OCH3 is 1. The van der Waals surface area contributed by atoms with Crippen LogP contribution in [0.4, 0.5) is 5.69 Å². The van der Waals surface area contributed by atoms with E-state index in [-0.39, 0.29) is 5.78 Å². The Balaban J connectivity index is 2.54. The lowest BCUT2D eigenvalue weighted by Crippen LogP contribution is -2.08. The second kappa shape index (κ2) is 6.31. The molecule has 2 aromatic rings. The van der Waals surface area contributed by atoms with Gasteiger partial charge < -0.3 is 15.2 Å². The first-order chi connectivity index (χ1) is 10.1. The van der Waals surface area contributed by atoms with Gasteiger partial charge in [-0.15, -0.1) is 0 Å². The number of nitrogen functional groups attached to an aromatic ring is 1. The summed E-state index contributed by atoms with van der Waals surface area (Å²) in [5.41, 5.74) is 8.24. The second-order valence-electron chi connectivity index (χ2n) is 4.72. The van der Waals surface area contributed by atoms with Crippen molar-refractivity contribution in [1.29, 1.82) is 0 Å². The molecule has 0 atom stereocenters. The van der Waals surface area contributed by atoms with Crippen LogP contribution in [-0.2, 0) is 0 Å². The Labute approximate surface area is 124 Å². The van der Waals surface area contributed by atoms with Crippen molar-refractivity contribution in [1.82, 2.24) is 0 Å². The van der Waals surface area contributed by atoms with Gasteiger partial charge in [-0.3, -0.25) is 4.79 Å². The van der Waals surface area contributed by atoms with Crippen molar-refractivity contribution in [2.24, 2.45) is 0 Å². The summed E-state index contributed by atoms with van der Waals surface area (Å²) in [6, 6.07) is 10.6. The number of benzene rings is 2. The van der Waals surface area contributed by atoms with Crippen LogP contribution in [0.3, 0.4) is 0 Å². The quantitative estimate of drug-likeness (QED) is 0.677. The topological polar surface area (TPSA) is 61.5 Å². The summed E-state index contributed by atoms with van der Waals surface area (Å²) >= 11 is 0. The molecule has 0 saturated carbocycles. The van der Waals surface area contributed by atoms with E-state index in [1.165, 1.54) is 7.11 Å². The summed E-state index contributed by atoms with van der Waals surface area (Å²) < 4.78 is 10.8. The maximum Gasteiger partial charge on any atom is 0.200 e. The molecule has 0 radical (unpaired) electrons. The Morgan fingerprint density at radius 2 is 1.76 bits per heavy atom. The van der Waals surface area contributed by atoms with E-state index in [0.29, 0.717) is 34.9 Å². The molecule has 0 aliphatic heterocycles. The largest absolute Gasteiger partial charge is 0.496 e. The standard InChI is InChI=1S/C17H19NO3/c1-4-21-16-7-5-11(2)9-13(16)17(19)14-10-12(18)6-8-15(14)20-3/h5-10H,4,18H2,1-3H3. The zero-order valence-electron chi connectivity index (χ0n) is 12.5. The Kier molecular flexibility index (Phi) is 4.48. The fourth-order valence-corrected chi connectivity index (χ4v) is 2.15. The van der Waals surface area contributed by atoms with E-state index in [2.05, 4.69) is 0 Å². The molecule has 4 heteroatoms. The van der Waals surface area contributed by atoms with Gasteiger partial charge in [-0.2, -0.15) is 0 Å². The molecule has 0 aromatic heterocycles. The van der Waals surface area contributed by atoms with Crippen LogP contribution in [0.1, 0.15) is 28.4 Å². The highest BCUT2D eigenvalue weighted by molar-refractivity contribution is 6.12. The summed E-state index contributed by atoms with van der Waals surface area (Å²) in [5, 5.41) is 0. The van der Waals surface area contributed by atoms with Crippen molar-refractivity contribution >= 4 is 11.5 Å². The summed E-state index contributed by atoms with van der Waals surface area (Å²) in [4.78, 5) is 12.8. The minimum absolute atomic E-state index is 0.161. The van der Waals surface area contributed by atoms with E-state index in [1.54, 1.807) is 18.2 Å². The molecular formula is C17H19NO3. The highest BCUT2D eigenvalue weighted by Gasteiger charge is 2.19. The van der Waals surface area contributed by atoms with Crippen molar-refractivity contribution in [2.75, 3.05) is 19.5 Å². The van der Waals surface area contributed by atoms with Gasteiger partial charge in [0.15, 0.2) is 0 Å². The third-order valence-electron chi connectivity index (χ3n) is 3.15. The number of nitrogens with two attached hydrogens (primary N) is 1. The zero-order valence-corrected chi connectivity index (χ0v) is 12.5. The fraction of sp³-hybridized carbons (Fsp3) is 0.235. The van der Waals surface area contributed by atoms with Gasteiger partial charge in [0.05, 0.1) is 24.8 Å². The molecule has 0 aliphatic rings. The molecule has 2 rings (SSSR count). The van der Waals surface area contributed by atoms with Crippen molar-refractivity contribution in [3.05, 3.63) is 53.1 Å². The molecule has 0 aliphatic carbocycles. The summed E-state index contributed by atoms with van der Waals surface area (Å²) in [6.45, 7) is 4.32. The smallest absolute Gasteiger partial charge is 0.200 e. The molecule has 0 spiro atoms. The monoisotopic (exact) mass is 285 g/mol. The molecule has 0 fully saturated rings. The van der Waals surface area contributed by atoms with E-state index in [0.717, 1.165) is 5.56 Å². The average molecular weight is 285 g/mol. The Morgan fingerprint density at radius 1 is 1.10 bits per heavy atom. The highest BCUT2D eigenvalue weighted by atomic mass is 16.5. The average Bonchev–Trinajstić information content (AvgIpc) is 2.48. The first-order valence-corrected chi connectivity index (χ1v) is 6.78. The van der Waals surface area contributed by atoms with Gasteiger partial charge in [-0.1, -0.05) is 11.6 Å². The van der Waals surface area contributed by atoms with E-state index in [9.17, 15) is 4.79 Å². The predicted octanol–water partition coefficient (Wildman–Crippen LogP) is 3.22. The lowest BCUT2D eigenvalue weighted by Gasteiger charge is -2.13. The lowest BCUT2D eigenvalue weighted by atomic mass is 9.99. The summed E-state index contributed by atoms with van der Waals surface area (Å²) in [7, 11) is 1.53. The fourth-order valence-electron chi connectivity index (χ4n) is 2.15. The van der Waals surface area contributed by atoms with E-state index < -0.39 is 0 Å². The second-order valence-corrected chi connectivity index (χ2v) is 4.72. The highest BCUT2D eigenvalue weighted by Crippen LogP contribution is 2.28. The molecule has 0 amide bonds.